The Morgan fingerprint density at radius 2 is 2.10 bits per heavy atom. The molecule has 5 nitrogen and oxygen atoms in total. The topological polar surface area (TPSA) is 68.1 Å². The van der Waals surface area contributed by atoms with E-state index in [9.17, 15) is 14.5 Å². The molecule has 0 bridgehead atoms. The first-order chi connectivity index (χ1) is 10.0. The number of rotatable bonds is 5. The van der Waals surface area contributed by atoms with Gasteiger partial charge in [-0.1, -0.05) is 6.92 Å². The molecule has 21 heavy (non-hydrogen) atoms. The first-order valence-corrected chi connectivity index (χ1v) is 6.68. The molecule has 1 heterocycles. The Labute approximate surface area is 122 Å². The quantitative estimate of drug-likeness (QED) is 0.669. The minimum atomic E-state index is -0.460. The molecule has 1 aromatic carbocycles. The smallest absolute Gasteiger partial charge is 0.275 e. The normalized spacial score (nSPS) is 10.4. The van der Waals surface area contributed by atoms with Gasteiger partial charge >= 0.3 is 0 Å². The summed E-state index contributed by atoms with van der Waals surface area (Å²) in [4.78, 5) is 14.9. The van der Waals surface area contributed by atoms with E-state index in [4.69, 9.17) is 0 Å². The number of nitro groups is 1. The zero-order valence-corrected chi connectivity index (χ0v) is 11.9. The number of aromatic nitrogens is 1. The van der Waals surface area contributed by atoms with E-state index >= 15 is 0 Å². The van der Waals surface area contributed by atoms with Gasteiger partial charge in [0, 0.05) is 18.2 Å². The summed E-state index contributed by atoms with van der Waals surface area (Å²) < 4.78 is 13.3. The lowest BCUT2D eigenvalue weighted by Crippen LogP contribution is -2.03. The van der Waals surface area contributed by atoms with Crippen LogP contribution in [0, 0.1) is 22.9 Å². The summed E-state index contributed by atoms with van der Waals surface area (Å²) in [6.07, 6.45) is 0.884. The number of nitrogens with one attached hydrogen (secondary N) is 1. The fourth-order valence-corrected chi connectivity index (χ4v) is 1.92. The number of hydrogen-bond donors (Lipinski definition) is 1. The minimum Gasteiger partial charge on any atom is -0.370 e. The van der Waals surface area contributed by atoms with E-state index in [0.29, 0.717) is 29.2 Å². The predicted molar refractivity (Wildman–Crippen MR) is 79.8 cm³/mol. The second kappa shape index (κ2) is 6.30. The summed E-state index contributed by atoms with van der Waals surface area (Å²) in [6, 6.07) is 7.33. The number of benzene rings is 1. The summed E-state index contributed by atoms with van der Waals surface area (Å²) in [6.45, 7) is 4.32. The predicted octanol–water partition coefficient (Wildman–Crippen LogP) is 3.93. The lowest BCUT2D eigenvalue weighted by molar-refractivity contribution is -0.384. The fraction of sp³-hybridized carbons (Fsp3) is 0.267. The van der Waals surface area contributed by atoms with E-state index in [1.807, 2.05) is 6.92 Å². The molecule has 0 aliphatic rings. The average Bonchev–Trinajstić information content (AvgIpc) is 2.47. The minimum absolute atomic E-state index is 0.0411. The van der Waals surface area contributed by atoms with Crippen LogP contribution in [0.5, 0.6) is 0 Å². The van der Waals surface area contributed by atoms with Crippen LogP contribution in [0.4, 0.5) is 15.9 Å². The van der Waals surface area contributed by atoms with Crippen LogP contribution < -0.4 is 5.32 Å². The van der Waals surface area contributed by atoms with Gasteiger partial charge in [-0.05, 0) is 37.1 Å². The lowest BCUT2D eigenvalue weighted by Gasteiger charge is -2.08. The lowest BCUT2D eigenvalue weighted by atomic mass is 10.1. The van der Waals surface area contributed by atoms with Crippen molar-refractivity contribution in [3.63, 3.8) is 0 Å². The van der Waals surface area contributed by atoms with Gasteiger partial charge in [-0.2, -0.15) is 0 Å². The molecule has 0 fully saturated rings. The number of nitrogens with zero attached hydrogens (tertiary/aromatic N) is 2. The van der Waals surface area contributed by atoms with E-state index < -0.39 is 4.92 Å². The highest BCUT2D eigenvalue weighted by Gasteiger charge is 2.13. The second-order valence-electron chi connectivity index (χ2n) is 4.74. The van der Waals surface area contributed by atoms with Crippen LogP contribution in [0.2, 0.25) is 0 Å². The molecule has 0 saturated heterocycles. The fourth-order valence-electron chi connectivity index (χ4n) is 1.92. The van der Waals surface area contributed by atoms with Crippen LogP contribution in [0.15, 0.2) is 30.3 Å². The van der Waals surface area contributed by atoms with Crippen LogP contribution in [-0.2, 0) is 0 Å². The molecule has 0 aliphatic carbocycles. The van der Waals surface area contributed by atoms with Gasteiger partial charge in [0.2, 0.25) is 0 Å². The standard InChI is InChI=1S/C15H16FN3O2/c1-3-6-17-15-9-12(19(20)21)8-14(18-15)11-4-5-13(16)10(2)7-11/h4-5,7-9H,3,6H2,1-2H3,(H,17,18). The maximum absolute atomic E-state index is 13.3. The van der Waals surface area contributed by atoms with Crippen molar-refractivity contribution in [1.29, 1.82) is 0 Å². The van der Waals surface area contributed by atoms with Gasteiger partial charge in [0.25, 0.3) is 5.69 Å². The van der Waals surface area contributed by atoms with Crippen LogP contribution in [0.25, 0.3) is 11.3 Å². The molecule has 0 spiro atoms. The van der Waals surface area contributed by atoms with Crippen LogP contribution >= 0.6 is 0 Å². The van der Waals surface area contributed by atoms with Crippen molar-refractivity contribution in [3.05, 3.63) is 51.8 Å². The molecule has 2 rings (SSSR count). The number of pyridine rings is 1. The zero-order valence-electron chi connectivity index (χ0n) is 11.9. The second-order valence-corrected chi connectivity index (χ2v) is 4.74. The van der Waals surface area contributed by atoms with Crippen LogP contribution in [-0.4, -0.2) is 16.5 Å². The SMILES string of the molecule is CCCNc1cc([N+](=O)[O-])cc(-c2ccc(F)c(C)c2)n1. The average molecular weight is 289 g/mol. The van der Waals surface area contributed by atoms with Crippen molar-refractivity contribution >= 4 is 11.5 Å². The molecule has 0 aliphatic heterocycles. The van der Waals surface area contributed by atoms with Crippen molar-refractivity contribution in [2.75, 3.05) is 11.9 Å². The summed E-state index contributed by atoms with van der Waals surface area (Å²) >= 11 is 0. The number of hydrogen-bond acceptors (Lipinski definition) is 4. The monoisotopic (exact) mass is 289 g/mol. The van der Waals surface area contributed by atoms with Gasteiger partial charge in [0.1, 0.15) is 11.6 Å². The molecule has 2 aromatic rings. The zero-order chi connectivity index (χ0) is 15.4. The third kappa shape index (κ3) is 3.53. The Morgan fingerprint density at radius 3 is 2.71 bits per heavy atom. The Hall–Kier alpha value is -2.50. The molecule has 0 radical (unpaired) electrons. The Bertz CT molecular complexity index is 674. The van der Waals surface area contributed by atoms with E-state index in [2.05, 4.69) is 10.3 Å². The molecule has 0 saturated carbocycles. The molecular formula is C15H16FN3O2. The number of anilines is 1. The van der Waals surface area contributed by atoms with Crippen molar-refractivity contribution in [2.24, 2.45) is 0 Å². The molecule has 0 unspecified atom stereocenters. The third-order valence-electron chi connectivity index (χ3n) is 3.03. The largest absolute Gasteiger partial charge is 0.370 e. The summed E-state index contributed by atoms with van der Waals surface area (Å²) in [5.74, 6) is 0.136. The van der Waals surface area contributed by atoms with Crippen molar-refractivity contribution in [2.45, 2.75) is 20.3 Å². The Kier molecular flexibility index (Phi) is 4.47. The number of aryl methyl sites for hydroxylation is 1. The summed E-state index contributed by atoms with van der Waals surface area (Å²) in [5.41, 5.74) is 1.53. The molecule has 0 amide bonds. The highest BCUT2D eigenvalue weighted by atomic mass is 19.1. The molecule has 1 N–H and O–H groups in total. The van der Waals surface area contributed by atoms with E-state index in [1.54, 1.807) is 19.1 Å². The highest BCUT2D eigenvalue weighted by molar-refractivity contribution is 5.66. The third-order valence-corrected chi connectivity index (χ3v) is 3.03. The maximum Gasteiger partial charge on any atom is 0.275 e. The van der Waals surface area contributed by atoms with Gasteiger partial charge < -0.3 is 5.32 Å². The van der Waals surface area contributed by atoms with Gasteiger partial charge in [0.15, 0.2) is 0 Å². The van der Waals surface area contributed by atoms with Gasteiger partial charge in [-0.25, -0.2) is 9.37 Å². The van der Waals surface area contributed by atoms with Gasteiger partial charge in [-0.15, -0.1) is 0 Å². The Morgan fingerprint density at radius 1 is 1.33 bits per heavy atom. The molecule has 110 valence electrons. The number of halogens is 1. The van der Waals surface area contributed by atoms with Crippen molar-refractivity contribution < 1.29 is 9.31 Å². The molecular weight excluding hydrogens is 273 g/mol. The first kappa shape index (κ1) is 14.9. The maximum atomic E-state index is 13.3. The van der Waals surface area contributed by atoms with Crippen LogP contribution in [0.1, 0.15) is 18.9 Å². The molecule has 1 aromatic heterocycles. The Balaban J connectivity index is 2.48. The highest BCUT2D eigenvalue weighted by Crippen LogP contribution is 2.26. The summed E-state index contributed by atoms with van der Waals surface area (Å²) in [7, 11) is 0. The van der Waals surface area contributed by atoms with E-state index in [1.165, 1.54) is 18.2 Å². The molecule has 0 atom stereocenters. The van der Waals surface area contributed by atoms with E-state index in [0.717, 1.165) is 6.42 Å². The summed E-state index contributed by atoms with van der Waals surface area (Å²) in [5, 5.41) is 14.1. The van der Waals surface area contributed by atoms with E-state index in [-0.39, 0.29) is 11.5 Å². The molecule has 6 heteroatoms. The van der Waals surface area contributed by atoms with Gasteiger partial charge in [0.05, 0.1) is 16.7 Å². The van der Waals surface area contributed by atoms with Gasteiger partial charge in [-0.3, -0.25) is 10.1 Å². The van der Waals surface area contributed by atoms with Crippen molar-refractivity contribution in [1.82, 2.24) is 4.98 Å². The van der Waals surface area contributed by atoms with Crippen molar-refractivity contribution in [3.8, 4) is 11.3 Å². The van der Waals surface area contributed by atoms with Crippen LogP contribution in [0.3, 0.4) is 0 Å². The first-order valence-electron chi connectivity index (χ1n) is 6.68.